The molecule has 0 bridgehead atoms. The summed E-state index contributed by atoms with van der Waals surface area (Å²) in [7, 11) is 3.26. The number of hydrogen-bond acceptors (Lipinski definition) is 5. The first-order chi connectivity index (χ1) is 15.0. The second kappa shape index (κ2) is 11.2. The number of aromatic nitrogens is 2. The summed E-state index contributed by atoms with van der Waals surface area (Å²) in [5.41, 5.74) is 3.52. The van der Waals surface area contributed by atoms with Gasteiger partial charge in [0.25, 0.3) is 0 Å². The van der Waals surface area contributed by atoms with Gasteiger partial charge >= 0.3 is 0 Å². The molecule has 7 heteroatoms. The summed E-state index contributed by atoms with van der Waals surface area (Å²) >= 11 is 0. The van der Waals surface area contributed by atoms with Crippen molar-refractivity contribution in [2.45, 2.75) is 59.2 Å². The van der Waals surface area contributed by atoms with Crippen molar-refractivity contribution in [3.63, 3.8) is 0 Å². The molecule has 31 heavy (non-hydrogen) atoms. The van der Waals surface area contributed by atoms with Gasteiger partial charge in [0.05, 0.1) is 20.4 Å². The third-order valence-corrected chi connectivity index (χ3v) is 6.25. The molecule has 0 radical (unpaired) electrons. The van der Waals surface area contributed by atoms with Crippen LogP contribution in [0.5, 0.6) is 11.5 Å². The van der Waals surface area contributed by atoms with Crippen LogP contribution in [-0.2, 0) is 24.4 Å². The van der Waals surface area contributed by atoms with Crippen molar-refractivity contribution in [1.82, 2.24) is 20.0 Å². The first-order valence-corrected chi connectivity index (χ1v) is 11.2. The Morgan fingerprint density at radius 1 is 1.26 bits per heavy atom. The Morgan fingerprint density at radius 3 is 2.81 bits per heavy atom. The molecule has 0 saturated carbocycles. The largest absolute Gasteiger partial charge is 0.497 e. The lowest BCUT2D eigenvalue weighted by Crippen LogP contribution is -2.35. The predicted molar refractivity (Wildman–Crippen MR) is 121 cm³/mol. The average Bonchev–Trinajstić information content (AvgIpc) is 3.15. The van der Waals surface area contributed by atoms with Crippen LogP contribution >= 0.6 is 0 Å². The van der Waals surface area contributed by atoms with Gasteiger partial charge in [-0.2, -0.15) is 5.10 Å². The van der Waals surface area contributed by atoms with Crippen LogP contribution < -0.4 is 14.8 Å². The number of rotatable bonds is 10. The fourth-order valence-electron chi connectivity index (χ4n) is 4.35. The van der Waals surface area contributed by atoms with Gasteiger partial charge in [0, 0.05) is 55.5 Å². The van der Waals surface area contributed by atoms with E-state index in [-0.39, 0.29) is 5.91 Å². The molecule has 3 rings (SSSR count). The predicted octanol–water partition coefficient (Wildman–Crippen LogP) is 3.54. The SMILES string of the molecule is CCn1ncc(CN2CCC[C@H](CCC(=O)NCc3ccc(OC)cc3OC)C2)c1C. The van der Waals surface area contributed by atoms with E-state index in [9.17, 15) is 4.79 Å². The van der Waals surface area contributed by atoms with E-state index in [0.717, 1.165) is 49.7 Å². The third-order valence-electron chi connectivity index (χ3n) is 6.25. The number of ether oxygens (including phenoxy) is 2. The molecule has 0 spiro atoms. The molecular formula is C24H36N4O3. The molecule has 1 fully saturated rings. The highest BCUT2D eigenvalue weighted by Gasteiger charge is 2.22. The van der Waals surface area contributed by atoms with Crippen LogP contribution in [0.25, 0.3) is 0 Å². The summed E-state index contributed by atoms with van der Waals surface area (Å²) in [6.45, 7) is 8.76. The summed E-state index contributed by atoms with van der Waals surface area (Å²) in [5.74, 6) is 2.13. The molecule has 7 nitrogen and oxygen atoms in total. The molecule has 1 aromatic carbocycles. The standard InChI is InChI=1S/C24H36N4O3/c1-5-28-18(2)21(15-26-28)17-27-12-6-7-19(16-27)8-11-24(29)25-14-20-9-10-22(30-3)13-23(20)31-4/h9-10,13,15,19H,5-8,11-12,14,16-17H2,1-4H3,(H,25,29)/t19-/m1/s1. The van der Waals surface area contributed by atoms with E-state index in [1.165, 1.54) is 24.1 Å². The third kappa shape index (κ3) is 6.23. The van der Waals surface area contributed by atoms with Gasteiger partial charge in [0.15, 0.2) is 0 Å². The van der Waals surface area contributed by atoms with E-state index in [2.05, 4.69) is 33.8 Å². The fraction of sp³-hybridized carbons (Fsp3) is 0.583. The summed E-state index contributed by atoms with van der Waals surface area (Å²) < 4.78 is 12.7. The monoisotopic (exact) mass is 428 g/mol. The Hall–Kier alpha value is -2.54. The van der Waals surface area contributed by atoms with Crippen molar-refractivity contribution in [3.8, 4) is 11.5 Å². The molecule has 2 aromatic rings. The fourth-order valence-corrected chi connectivity index (χ4v) is 4.35. The molecule has 2 heterocycles. The summed E-state index contributed by atoms with van der Waals surface area (Å²) in [6, 6.07) is 5.65. The molecule has 1 amide bonds. The van der Waals surface area contributed by atoms with E-state index < -0.39 is 0 Å². The number of amides is 1. The zero-order valence-electron chi connectivity index (χ0n) is 19.3. The van der Waals surface area contributed by atoms with E-state index in [0.29, 0.717) is 18.9 Å². The van der Waals surface area contributed by atoms with Gasteiger partial charge in [-0.15, -0.1) is 0 Å². The number of aryl methyl sites for hydroxylation is 1. The molecule has 1 aliphatic rings. The van der Waals surface area contributed by atoms with Gasteiger partial charge < -0.3 is 14.8 Å². The summed E-state index contributed by atoms with van der Waals surface area (Å²) in [6.07, 6.45) is 5.88. The van der Waals surface area contributed by atoms with Crippen molar-refractivity contribution >= 4 is 5.91 Å². The van der Waals surface area contributed by atoms with Crippen molar-refractivity contribution < 1.29 is 14.3 Å². The molecule has 1 aromatic heterocycles. The Balaban J connectivity index is 1.44. The van der Waals surface area contributed by atoms with Gasteiger partial charge in [0.2, 0.25) is 5.91 Å². The maximum absolute atomic E-state index is 12.4. The first-order valence-electron chi connectivity index (χ1n) is 11.2. The Kier molecular flexibility index (Phi) is 8.35. The first kappa shape index (κ1) is 23.1. The lowest BCUT2D eigenvalue weighted by molar-refractivity contribution is -0.121. The molecule has 0 aliphatic carbocycles. The maximum Gasteiger partial charge on any atom is 0.220 e. The topological polar surface area (TPSA) is 68.6 Å². The Labute approximate surface area is 185 Å². The Morgan fingerprint density at radius 2 is 2.10 bits per heavy atom. The minimum Gasteiger partial charge on any atom is -0.497 e. The van der Waals surface area contributed by atoms with E-state index in [1.807, 2.05) is 24.4 Å². The quantitative estimate of drug-likeness (QED) is 0.627. The van der Waals surface area contributed by atoms with Gasteiger partial charge in [-0.05, 0) is 57.7 Å². The second-order valence-corrected chi connectivity index (χ2v) is 8.31. The maximum atomic E-state index is 12.4. The minimum absolute atomic E-state index is 0.0926. The molecule has 170 valence electrons. The van der Waals surface area contributed by atoms with Gasteiger partial charge in [-0.3, -0.25) is 14.4 Å². The van der Waals surface area contributed by atoms with E-state index >= 15 is 0 Å². The average molecular weight is 429 g/mol. The van der Waals surface area contributed by atoms with Crippen molar-refractivity contribution in [3.05, 3.63) is 41.2 Å². The highest BCUT2D eigenvalue weighted by atomic mass is 16.5. The van der Waals surface area contributed by atoms with Crippen molar-refractivity contribution in [2.24, 2.45) is 5.92 Å². The highest BCUT2D eigenvalue weighted by molar-refractivity contribution is 5.75. The summed E-state index contributed by atoms with van der Waals surface area (Å²) in [5, 5.41) is 7.50. The van der Waals surface area contributed by atoms with Crippen LogP contribution in [-0.4, -0.2) is 47.9 Å². The molecule has 1 aliphatic heterocycles. The number of piperidine rings is 1. The van der Waals surface area contributed by atoms with E-state index in [1.54, 1.807) is 14.2 Å². The summed E-state index contributed by atoms with van der Waals surface area (Å²) in [4.78, 5) is 14.9. The lowest BCUT2D eigenvalue weighted by Gasteiger charge is -2.32. The van der Waals surface area contributed by atoms with Crippen LogP contribution in [0.2, 0.25) is 0 Å². The van der Waals surface area contributed by atoms with E-state index in [4.69, 9.17) is 9.47 Å². The van der Waals surface area contributed by atoms with Crippen LogP contribution in [0.1, 0.15) is 49.4 Å². The van der Waals surface area contributed by atoms with Gasteiger partial charge in [-0.1, -0.05) is 0 Å². The number of likely N-dealkylation sites (tertiary alicyclic amines) is 1. The Bertz CT molecular complexity index is 865. The minimum atomic E-state index is 0.0926. The zero-order chi connectivity index (χ0) is 22.2. The smallest absolute Gasteiger partial charge is 0.220 e. The number of nitrogens with one attached hydrogen (secondary N) is 1. The van der Waals surface area contributed by atoms with Crippen molar-refractivity contribution in [2.75, 3.05) is 27.3 Å². The number of nitrogens with zero attached hydrogens (tertiary/aromatic N) is 3. The highest BCUT2D eigenvalue weighted by Crippen LogP contribution is 2.25. The van der Waals surface area contributed by atoms with Crippen LogP contribution in [0.3, 0.4) is 0 Å². The molecule has 1 saturated heterocycles. The molecule has 1 atom stereocenters. The number of benzene rings is 1. The van der Waals surface area contributed by atoms with Crippen LogP contribution in [0, 0.1) is 12.8 Å². The molecule has 1 N–H and O–H groups in total. The van der Waals surface area contributed by atoms with Crippen LogP contribution in [0.15, 0.2) is 24.4 Å². The lowest BCUT2D eigenvalue weighted by atomic mass is 9.93. The van der Waals surface area contributed by atoms with Gasteiger partial charge in [-0.25, -0.2) is 0 Å². The van der Waals surface area contributed by atoms with Crippen LogP contribution in [0.4, 0.5) is 0 Å². The molecule has 0 unspecified atom stereocenters. The number of carbonyl (C=O) groups is 1. The second-order valence-electron chi connectivity index (χ2n) is 8.31. The number of methoxy groups -OCH3 is 2. The molecular weight excluding hydrogens is 392 g/mol. The zero-order valence-corrected chi connectivity index (χ0v) is 19.3. The number of hydrogen-bond donors (Lipinski definition) is 1. The van der Waals surface area contributed by atoms with Gasteiger partial charge in [0.1, 0.15) is 11.5 Å². The number of carbonyl (C=O) groups excluding carboxylic acids is 1. The van der Waals surface area contributed by atoms with Crippen molar-refractivity contribution in [1.29, 1.82) is 0 Å². The normalized spacial score (nSPS) is 16.8.